The largest absolute Gasteiger partial charge is 0.497 e. The number of nitrogens with zero attached hydrogens (tertiary/aromatic N) is 2. The van der Waals surface area contributed by atoms with Crippen LogP contribution in [0.25, 0.3) is 6.08 Å². The van der Waals surface area contributed by atoms with E-state index in [0.717, 1.165) is 11.3 Å². The molecular formula is C14H16N4O2. The Morgan fingerprint density at radius 1 is 1.50 bits per heavy atom. The average molecular weight is 272 g/mol. The van der Waals surface area contributed by atoms with Gasteiger partial charge >= 0.3 is 0 Å². The highest BCUT2D eigenvalue weighted by Crippen LogP contribution is 2.13. The predicted octanol–water partition coefficient (Wildman–Crippen LogP) is 1.70. The zero-order valence-corrected chi connectivity index (χ0v) is 11.3. The molecule has 0 saturated carbocycles. The van der Waals surface area contributed by atoms with E-state index >= 15 is 0 Å². The molecule has 0 saturated heterocycles. The first kappa shape index (κ1) is 13.8. The van der Waals surface area contributed by atoms with E-state index < -0.39 is 0 Å². The van der Waals surface area contributed by atoms with Gasteiger partial charge in [0.2, 0.25) is 5.91 Å². The van der Waals surface area contributed by atoms with Gasteiger partial charge in [-0.3, -0.25) is 9.89 Å². The van der Waals surface area contributed by atoms with Crippen molar-refractivity contribution in [2.45, 2.75) is 13.0 Å². The van der Waals surface area contributed by atoms with Gasteiger partial charge in [-0.1, -0.05) is 12.1 Å². The van der Waals surface area contributed by atoms with E-state index in [4.69, 9.17) is 4.74 Å². The van der Waals surface area contributed by atoms with Crippen LogP contribution in [0.3, 0.4) is 0 Å². The first-order valence-electron chi connectivity index (χ1n) is 6.17. The van der Waals surface area contributed by atoms with Gasteiger partial charge in [-0.15, -0.1) is 0 Å². The van der Waals surface area contributed by atoms with E-state index in [1.807, 2.05) is 31.2 Å². The molecule has 0 radical (unpaired) electrons. The number of aromatic amines is 1. The maximum atomic E-state index is 11.8. The molecule has 104 valence electrons. The Morgan fingerprint density at radius 3 is 3.05 bits per heavy atom. The van der Waals surface area contributed by atoms with Crippen LogP contribution in [0, 0.1) is 0 Å². The van der Waals surface area contributed by atoms with Crippen LogP contribution in [0.5, 0.6) is 5.75 Å². The van der Waals surface area contributed by atoms with Crippen LogP contribution < -0.4 is 10.1 Å². The number of benzene rings is 1. The third-order valence-corrected chi connectivity index (χ3v) is 2.72. The van der Waals surface area contributed by atoms with Crippen LogP contribution in [-0.2, 0) is 4.79 Å². The molecule has 6 nitrogen and oxygen atoms in total. The van der Waals surface area contributed by atoms with Gasteiger partial charge in [0, 0.05) is 6.08 Å². The van der Waals surface area contributed by atoms with Crippen LogP contribution in [0.4, 0.5) is 0 Å². The minimum absolute atomic E-state index is 0.197. The molecule has 1 aromatic carbocycles. The molecule has 2 aromatic rings. The monoisotopic (exact) mass is 272 g/mol. The summed E-state index contributed by atoms with van der Waals surface area (Å²) in [6.07, 6.45) is 4.61. The molecule has 0 aliphatic heterocycles. The first-order chi connectivity index (χ1) is 9.69. The Labute approximate surface area is 116 Å². The molecule has 1 unspecified atom stereocenters. The number of carbonyl (C=O) groups is 1. The summed E-state index contributed by atoms with van der Waals surface area (Å²) in [5.41, 5.74) is 0.895. The molecule has 1 atom stereocenters. The van der Waals surface area contributed by atoms with E-state index in [1.54, 1.807) is 13.2 Å². The van der Waals surface area contributed by atoms with E-state index in [0.29, 0.717) is 5.82 Å². The van der Waals surface area contributed by atoms with Crippen LogP contribution in [0.15, 0.2) is 36.7 Å². The van der Waals surface area contributed by atoms with Gasteiger partial charge in [0.1, 0.15) is 17.9 Å². The lowest BCUT2D eigenvalue weighted by atomic mass is 10.2. The van der Waals surface area contributed by atoms with Gasteiger partial charge in [-0.2, -0.15) is 5.10 Å². The Bertz CT molecular complexity index is 593. The summed E-state index contributed by atoms with van der Waals surface area (Å²) in [5.74, 6) is 1.17. The third-order valence-electron chi connectivity index (χ3n) is 2.72. The SMILES string of the molecule is COc1cccc(/C=C/C(=O)NC(C)c2ncn[nH]2)c1. The Balaban J connectivity index is 1.95. The summed E-state index contributed by atoms with van der Waals surface area (Å²) in [5, 5.41) is 9.25. The number of aromatic nitrogens is 3. The number of carbonyl (C=O) groups excluding carboxylic acids is 1. The molecule has 1 amide bonds. The van der Waals surface area contributed by atoms with Gasteiger partial charge in [-0.05, 0) is 30.7 Å². The lowest BCUT2D eigenvalue weighted by Crippen LogP contribution is -2.25. The zero-order valence-electron chi connectivity index (χ0n) is 11.3. The van der Waals surface area contributed by atoms with Crippen molar-refractivity contribution in [3.05, 3.63) is 48.1 Å². The van der Waals surface area contributed by atoms with E-state index in [2.05, 4.69) is 20.5 Å². The van der Waals surface area contributed by atoms with Gasteiger partial charge in [0.05, 0.1) is 13.2 Å². The molecule has 20 heavy (non-hydrogen) atoms. The van der Waals surface area contributed by atoms with Gasteiger partial charge < -0.3 is 10.1 Å². The average Bonchev–Trinajstić information content (AvgIpc) is 2.99. The Morgan fingerprint density at radius 2 is 2.35 bits per heavy atom. The molecule has 0 aliphatic carbocycles. The highest BCUT2D eigenvalue weighted by molar-refractivity contribution is 5.91. The van der Waals surface area contributed by atoms with Gasteiger partial charge in [0.15, 0.2) is 0 Å². The molecule has 2 N–H and O–H groups in total. The molecular weight excluding hydrogens is 256 g/mol. The molecule has 6 heteroatoms. The van der Waals surface area contributed by atoms with Crippen molar-refractivity contribution >= 4 is 12.0 Å². The lowest BCUT2D eigenvalue weighted by Gasteiger charge is -2.08. The van der Waals surface area contributed by atoms with Crippen molar-refractivity contribution in [2.24, 2.45) is 0 Å². The Hall–Kier alpha value is -2.63. The second-order valence-electron chi connectivity index (χ2n) is 4.21. The molecule has 1 aromatic heterocycles. The number of nitrogens with one attached hydrogen (secondary N) is 2. The first-order valence-corrected chi connectivity index (χ1v) is 6.17. The molecule has 0 aliphatic rings. The van der Waals surface area contributed by atoms with Crippen LogP contribution >= 0.6 is 0 Å². The molecule has 0 fully saturated rings. The van der Waals surface area contributed by atoms with Crippen LogP contribution in [0.2, 0.25) is 0 Å². The second kappa shape index (κ2) is 6.51. The molecule has 0 bridgehead atoms. The molecule has 2 rings (SSSR count). The number of ether oxygens (including phenoxy) is 1. The third kappa shape index (κ3) is 3.68. The van der Waals surface area contributed by atoms with Crippen molar-refractivity contribution in [1.82, 2.24) is 20.5 Å². The summed E-state index contributed by atoms with van der Waals surface area (Å²) >= 11 is 0. The number of methoxy groups -OCH3 is 1. The summed E-state index contributed by atoms with van der Waals surface area (Å²) in [7, 11) is 1.61. The van der Waals surface area contributed by atoms with Crippen molar-refractivity contribution in [3.63, 3.8) is 0 Å². The number of amides is 1. The van der Waals surface area contributed by atoms with Crippen molar-refractivity contribution in [3.8, 4) is 5.75 Å². The number of rotatable bonds is 5. The quantitative estimate of drug-likeness (QED) is 0.812. The fourth-order valence-electron chi connectivity index (χ4n) is 1.67. The normalized spacial score (nSPS) is 12.3. The summed E-state index contributed by atoms with van der Waals surface area (Å²) in [6, 6.07) is 7.24. The van der Waals surface area contributed by atoms with Gasteiger partial charge in [-0.25, -0.2) is 4.98 Å². The van der Waals surface area contributed by atoms with E-state index in [1.165, 1.54) is 12.4 Å². The summed E-state index contributed by atoms with van der Waals surface area (Å²) < 4.78 is 5.12. The fourth-order valence-corrected chi connectivity index (χ4v) is 1.67. The lowest BCUT2D eigenvalue weighted by molar-refractivity contribution is -0.117. The maximum Gasteiger partial charge on any atom is 0.244 e. The van der Waals surface area contributed by atoms with Crippen LogP contribution in [-0.4, -0.2) is 28.2 Å². The summed E-state index contributed by atoms with van der Waals surface area (Å²) in [4.78, 5) is 15.8. The minimum atomic E-state index is -0.222. The maximum absolute atomic E-state index is 11.8. The van der Waals surface area contributed by atoms with Crippen molar-refractivity contribution < 1.29 is 9.53 Å². The molecule has 0 spiro atoms. The predicted molar refractivity (Wildman–Crippen MR) is 75.0 cm³/mol. The molecule has 1 heterocycles. The van der Waals surface area contributed by atoms with Gasteiger partial charge in [0.25, 0.3) is 0 Å². The smallest absolute Gasteiger partial charge is 0.244 e. The van der Waals surface area contributed by atoms with Crippen LogP contribution in [0.1, 0.15) is 24.4 Å². The number of H-pyrrole nitrogens is 1. The highest BCUT2D eigenvalue weighted by atomic mass is 16.5. The standard InChI is InChI=1S/C14H16N4O2/c1-10(14-15-9-16-18-14)17-13(19)7-6-11-4-3-5-12(8-11)20-2/h3-10H,1-2H3,(H,17,19)(H,15,16,18)/b7-6+. The topological polar surface area (TPSA) is 79.9 Å². The van der Waals surface area contributed by atoms with E-state index in [-0.39, 0.29) is 11.9 Å². The minimum Gasteiger partial charge on any atom is -0.497 e. The van der Waals surface area contributed by atoms with Crippen molar-refractivity contribution in [1.29, 1.82) is 0 Å². The zero-order chi connectivity index (χ0) is 14.4. The number of hydrogen-bond donors (Lipinski definition) is 2. The van der Waals surface area contributed by atoms with E-state index in [9.17, 15) is 4.79 Å². The fraction of sp³-hybridized carbons (Fsp3) is 0.214. The van der Waals surface area contributed by atoms with Crippen molar-refractivity contribution in [2.75, 3.05) is 7.11 Å². The highest BCUT2D eigenvalue weighted by Gasteiger charge is 2.09. The second-order valence-corrected chi connectivity index (χ2v) is 4.21. The number of hydrogen-bond acceptors (Lipinski definition) is 4. The summed E-state index contributed by atoms with van der Waals surface area (Å²) in [6.45, 7) is 1.83. The Kier molecular flexibility index (Phi) is 4.49.